The molecule has 4 heteroatoms. The number of piperidine rings is 1. The SMILES string of the molecule is COc1cc(C)c(C(C)NC(=O)C2CCN(Cc3cccc(C)c3)CC2)cc1C(C)C. The first-order chi connectivity index (χ1) is 14.8. The van der Waals surface area contributed by atoms with Crippen molar-refractivity contribution in [3.8, 4) is 5.75 Å². The van der Waals surface area contributed by atoms with Gasteiger partial charge in [-0.15, -0.1) is 0 Å². The van der Waals surface area contributed by atoms with Crippen molar-refractivity contribution in [2.24, 2.45) is 5.92 Å². The minimum atomic E-state index is -0.0128. The number of hydrogen-bond donors (Lipinski definition) is 1. The summed E-state index contributed by atoms with van der Waals surface area (Å²) in [7, 11) is 1.72. The minimum Gasteiger partial charge on any atom is -0.496 e. The van der Waals surface area contributed by atoms with Crippen LogP contribution in [0.1, 0.15) is 73.4 Å². The minimum absolute atomic E-state index is 0.0128. The number of methoxy groups -OCH3 is 1. The molecule has 31 heavy (non-hydrogen) atoms. The van der Waals surface area contributed by atoms with Gasteiger partial charge < -0.3 is 10.1 Å². The molecule has 1 aliphatic heterocycles. The van der Waals surface area contributed by atoms with Crippen molar-refractivity contribution in [3.05, 3.63) is 64.2 Å². The van der Waals surface area contributed by atoms with E-state index in [0.29, 0.717) is 5.92 Å². The smallest absolute Gasteiger partial charge is 0.223 e. The molecular weight excluding hydrogens is 384 g/mol. The summed E-state index contributed by atoms with van der Waals surface area (Å²) in [5, 5.41) is 3.28. The van der Waals surface area contributed by atoms with Crippen molar-refractivity contribution in [3.63, 3.8) is 0 Å². The van der Waals surface area contributed by atoms with E-state index in [9.17, 15) is 4.79 Å². The summed E-state index contributed by atoms with van der Waals surface area (Å²) < 4.78 is 5.57. The Balaban J connectivity index is 1.58. The molecule has 1 amide bonds. The van der Waals surface area contributed by atoms with Crippen LogP contribution < -0.4 is 10.1 Å². The van der Waals surface area contributed by atoms with Crippen molar-refractivity contribution in [1.82, 2.24) is 10.2 Å². The van der Waals surface area contributed by atoms with E-state index < -0.39 is 0 Å². The fourth-order valence-corrected chi connectivity index (χ4v) is 4.64. The van der Waals surface area contributed by atoms with Gasteiger partial charge in [0.15, 0.2) is 0 Å². The first-order valence-electron chi connectivity index (χ1n) is 11.5. The number of aryl methyl sites for hydroxylation is 2. The molecule has 2 aromatic rings. The third kappa shape index (κ3) is 5.88. The number of rotatable bonds is 7. The molecule has 0 spiro atoms. The summed E-state index contributed by atoms with van der Waals surface area (Å²) in [6.45, 7) is 13.6. The number of likely N-dealkylation sites (tertiary alicyclic amines) is 1. The topological polar surface area (TPSA) is 41.6 Å². The molecular formula is C27H38N2O2. The molecule has 1 heterocycles. The molecule has 0 bridgehead atoms. The monoisotopic (exact) mass is 422 g/mol. The normalized spacial score (nSPS) is 16.4. The molecule has 1 aliphatic rings. The van der Waals surface area contributed by atoms with E-state index in [1.807, 2.05) is 0 Å². The number of carbonyl (C=O) groups is 1. The van der Waals surface area contributed by atoms with E-state index in [1.165, 1.54) is 22.3 Å². The fraction of sp³-hybridized carbons (Fsp3) is 0.519. The second-order valence-electron chi connectivity index (χ2n) is 9.38. The Morgan fingerprint density at radius 3 is 2.42 bits per heavy atom. The van der Waals surface area contributed by atoms with Crippen LogP contribution >= 0.6 is 0 Å². The van der Waals surface area contributed by atoms with Gasteiger partial charge >= 0.3 is 0 Å². The summed E-state index contributed by atoms with van der Waals surface area (Å²) in [5.74, 6) is 1.58. The number of carbonyl (C=O) groups excluding carboxylic acids is 1. The van der Waals surface area contributed by atoms with Crippen LogP contribution in [0.2, 0.25) is 0 Å². The highest BCUT2D eigenvalue weighted by Crippen LogP contribution is 2.32. The lowest BCUT2D eigenvalue weighted by Crippen LogP contribution is -2.41. The Bertz CT molecular complexity index is 898. The van der Waals surface area contributed by atoms with Gasteiger partial charge in [-0.2, -0.15) is 0 Å². The summed E-state index contributed by atoms with van der Waals surface area (Å²) >= 11 is 0. The van der Waals surface area contributed by atoms with Crippen LogP contribution in [0, 0.1) is 19.8 Å². The molecule has 0 radical (unpaired) electrons. The van der Waals surface area contributed by atoms with Crippen LogP contribution in [0.15, 0.2) is 36.4 Å². The first-order valence-corrected chi connectivity index (χ1v) is 11.5. The van der Waals surface area contributed by atoms with Crippen LogP contribution in [0.4, 0.5) is 0 Å². The van der Waals surface area contributed by atoms with E-state index in [-0.39, 0.29) is 17.9 Å². The highest BCUT2D eigenvalue weighted by atomic mass is 16.5. The Kier molecular flexibility index (Phi) is 7.77. The van der Waals surface area contributed by atoms with E-state index in [1.54, 1.807) is 7.11 Å². The molecule has 1 fully saturated rings. The summed E-state index contributed by atoms with van der Waals surface area (Å²) in [4.78, 5) is 15.5. The Morgan fingerprint density at radius 1 is 1.10 bits per heavy atom. The molecule has 168 valence electrons. The Hall–Kier alpha value is -2.33. The summed E-state index contributed by atoms with van der Waals surface area (Å²) in [6, 6.07) is 13.0. The molecule has 3 rings (SSSR count). The average molecular weight is 423 g/mol. The Labute approximate surface area is 188 Å². The fourth-order valence-electron chi connectivity index (χ4n) is 4.64. The van der Waals surface area contributed by atoms with Gasteiger partial charge in [-0.25, -0.2) is 0 Å². The van der Waals surface area contributed by atoms with Gasteiger partial charge in [0.1, 0.15) is 5.75 Å². The number of hydrogen-bond acceptors (Lipinski definition) is 3. The highest BCUT2D eigenvalue weighted by molar-refractivity contribution is 5.79. The first kappa shape index (κ1) is 23.3. The predicted molar refractivity (Wildman–Crippen MR) is 128 cm³/mol. The second-order valence-corrected chi connectivity index (χ2v) is 9.38. The molecule has 1 atom stereocenters. The maximum atomic E-state index is 13.0. The third-order valence-corrected chi connectivity index (χ3v) is 6.51. The molecule has 0 aromatic heterocycles. The van der Waals surface area contributed by atoms with Crippen molar-refractivity contribution >= 4 is 5.91 Å². The lowest BCUT2D eigenvalue weighted by Gasteiger charge is -2.32. The molecule has 0 saturated carbocycles. The highest BCUT2D eigenvalue weighted by Gasteiger charge is 2.26. The van der Waals surface area contributed by atoms with E-state index in [2.05, 4.69) is 81.2 Å². The molecule has 1 saturated heterocycles. The lowest BCUT2D eigenvalue weighted by atomic mass is 9.92. The number of amides is 1. The molecule has 0 aliphatic carbocycles. The summed E-state index contributed by atoms with van der Waals surface area (Å²) in [6.07, 6.45) is 1.84. The van der Waals surface area contributed by atoms with Gasteiger partial charge in [0, 0.05) is 12.5 Å². The zero-order valence-electron chi connectivity index (χ0n) is 20.0. The van der Waals surface area contributed by atoms with Crippen LogP contribution in [-0.2, 0) is 11.3 Å². The van der Waals surface area contributed by atoms with Gasteiger partial charge in [-0.05, 0) is 87.0 Å². The molecule has 1 unspecified atom stereocenters. The van der Waals surface area contributed by atoms with Crippen LogP contribution in [0.5, 0.6) is 5.75 Å². The van der Waals surface area contributed by atoms with Gasteiger partial charge in [0.05, 0.1) is 13.2 Å². The molecule has 1 N–H and O–H groups in total. The predicted octanol–water partition coefficient (Wildman–Crippen LogP) is 5.52. The van der Waals surface area contributed by atoms with Crippen molar-refractivity contribution in [2.45, 2.75) is 66.0 Å². The van der Waals surface area contributed by atoms with Gasteiger partial charge in [0.2, 0.25) is 5.91 Å². The number of ether oxygens (including phenoxy) is 1. The summed E-state index contributed by atoms with van der Waals surface area (Å²) in [5.41, 5.74) is 6.17. The maximum absolute atomic E-state index is 13.0. The second kappa shape index (κ2) is 10.3. The number of benzene rings is 2. The van der Waals surface area contributed by atoms with Crippen LogP contribution in [0.25, 0.3) is 0 Å². The zero-order chi connectivity index (χ0) is 22.5. The lowest BCUT2D eigenvalue weighted by molar-refractivity contribution is -0.127. The van der Waals surface area contributed by atoms with E-state index >= 15 is 0 Å². The van der Waals surface area contributed by atoms with Gasteiger partial charge in [-0.1, -0.05) is 43.7 Å². The Morgan fingerprint density at radius 2 is 1.81 bits per heavy atom. The standard InChI is InChI=1S/C27H38N2O2/c1-18(2)24-16-25(20(4)15-26(24)31-6)21(5)28-27(30)23-10-12-29(13-11-23)17-22-9-7-8-19(3)14-22/h7-9,14-16,18,21,23H,10-13,17H2,1-6H3,(H,28,30). The van der Waals surface area contributed by atoms with Crippen LogP contribution in [-0.4, -0.2) is 31.0 Å². The number of nitrogens with one attached hydrogen (secondary N) is 1. The van der Waals surface area contributed by atoms with Crippen molar-refractivity contribution in [2.75, 3.05) is 20.2 Å². The van der Waals surface area contributed by atoms with E-state index in [0.717, 1.165) is 43.8 Å². The largest absolute Gasteiger partial charge is 0.496 e. The van der Waals surface area contributed by atoms with Crippen molar-refractivity contribution < 1.29 is 9.53 Å². The van der Waals surface area contributed by atoms with Gasteiger partial charge in [-0.3, -0.25) is 9.69 Å². The van der Waals surface area contributed by atoms with Crippen molar-refractivity contribution in [1.29, 1.82) is 0 Å². The van der Waals surface area contributed by atoms with Crippen LogP contribution in [0.3, 0.4) is 0 Å². The average Bonchev–Trinajstić information content (AvgIpc) is 2.73. The van der Waals surface area contributed by atoms with E-state index in [4.69, 9.17) is 4.74 Å². The molecule has 2 aromatic carbocycles. The zero-order valence-corrected chi connectivity index (χ0v) is 20.0. The van der Waals surface area contributed by atoms with Gasteiger partial charge in [0.25, 0.3) is 0 Å². The quantitative estimate of drug-likeness (QED) is 0.638. The third-order valence-electron chi connectivity index (χ3n) is 6.51. The maximum Gasteiger partial charge on any atom is 0.223 e. The molecule has 4 nitrogen and oxygen atoms in total. The number of nitrogens with zero attached hydrogens (tertiary/aromatic N) is 1.